The molecule has 6 nitrogen and oxygen atoms in total. The van der Waals surface area contributed by atoms with E-state index in [2.05, 4.69) is 64.3 Å². The van der Waals surface area contributed by atoms with Crippen LogP contribution in [0.15, 0.2) is 48.5 Å². The third-order valence-corrected chi connectivity index (χ3v) is 4.95. The molecule has 0 saturated heterocycles. The topological polar surface area (TPSA) is 82.1 Å². The number of nitrogens with zero attached hydrogens (tertiary/aromatic N) is 3. The highest BCUT2D eigenvalue weighted by molar-refractivity contribution is 7.44. The van der Waals surface area contributed by atoms with E-state index < -0.39 is 5.97 Å². The zero-order valence-corrected chi connectivity index (χ0v) is 14.7. The number of hydrogen-bond acceptors (Lipinski definition) is 4. The van der Waals surface area contributed by atoms with Crippen LogP contribution in [0.5, 0.6) is 0 Å². The Balaban J connectivity index is 0.000000174. The number of rotatable bonds is 5. The van der Waals surface area contributed by atoms with Crippen LogP contribution in [0.1, 0.15) is 24.2 Å². The number of carboxylic acids is 1. The van der Waals surface area contributed by atoms with Gasteiger partial charge in [-0.25, -0.2) is 4.79 Å². The molecule has 0 aliphatic heterocycles. The van der Waals surface area contributed by atoms with Crippen molar-refractivity contribution in [3.8, 4) is 0 Å². The lowest BCUT2D eigenvalue weighted by Gasteiger charge is -2.17. The molecule has 0 aliphatic rings. The Morgan fingerprint density at radius 2 is 1.83 bits per heavy atom. The molecule has 0 amide bonds. The summed E-state index contributed by atoms with van der Waals surface area (Å²) >= 11 is 0. The summed E-state index contributed by atoms with van der Waals surface area (Å²) in [5.74, 6) is -0.991. The highest BCUT2D eigenvalue weighted by atomic mass is 31.1. The second-order valence-corrected chi connectivity index (χ2v) is 6.40. The van der Waals surface area contributed by atoms with Gasteiger partial charge in [0.15, 0.2) is 0 Å². The molecule has 2 N–H and O–H groups in total. The van der Waals surface area contributed by atoms with E-state index in [9.17, 15) is 4.79 Å². The van der Waals surface area contributed by atoms with E-state index in [-0.39, 0.29) is 5.56 Å². The van der Waals surface area contributed by atoms with E-state index in [4.69, 9.17) is 5.11 Å². The van der Waals surface area contributed by atoms with E-state index in [1.807, 2.05) is 0 Å². The van der Waals surface area contributed by atoms with Crippen molar-refractivity contribution in [1.29, 1.82) is 0 Å². The summed E-state index contributed by atoms with van der Waals surface area (Å²) in [6.45, 7) is 6.70. The van der Waals surface area contributed by atoms with Crippen LogP contribution in [-0.2, 0) is 0 Å². The molecule has 0 spiro atoms. The molecule has 1 heterocycles. The molecule has 0 fully saturated rings. The van der Waals surface area contributed by atoms with Gasteiger partial charge in [0.05, 0.1) is 11.1 Å². The number of aromatic amines is 1. The molecule has 1 atom stereocenters. The number of nitrogens with one attached hydrogen (secondary N) is 1. The van der Waals surface area contributed by atoms with Gasteiger partial charge in [-0.2, -0.15) is 0 Å². The first-order valence-electron chi connectivity index (χ1n) is 7.75. The maximum absolute atomic E-state index is 10.6. The summed E-state index contributed by atoms with van der Waals surface area (Å²) in [6, 6.07) is 15.5. The van der Waals surface area contributed by atoms with Crippen LogP contribution in [0, 0.1) is 0 Å². The van der Waals surface area contributed by atoms with Crippen LogP contribution in [0.3, 0.4) is 0 Å². The number of aromatic nitrogens is 3. The molecule has 0 saturated carbocycles. The maximum Gasteiger partial charge on any atom is 0.338 e. The standard InChI is InChI=1S/C10H16NP.C7H5N3O2/c1-3-11(4-2)12-10-8-6-5-7-9-10;11-7(12)4-2-1-3-5-6(4)9-10-8-5/h5-9,12H,3-4H2,1-2H3;1-3H,(H,11,12)(H,8,9,10). The van der Waals surface area contributed by atoms with Gasteiger partial charge in [0.2, 0.25) is 0 Å². The van der Waals surface area contributed by atoms with Gasteiger partial charge < -0.3 is 5.11 Å². The Bertz CT molecular complexity index is 772. The van der Waals surface area contributed by atoms with Crippen LogP contribution in [0.4, 0.5) is 0 Å². The molecule has 1 unspecified atom stereocenters. The van der Waals surface area contributed by atoms with Crippen molar-refractivity contribution < 1.29 is 9.90 Å². The van der Waals surface area contributed by atoms with Gasteiger partial charge in [0.25, 0.3) is 0 Å². The number of carboxylic acid groups (broad SMARTS) is 1. The first kappa shape index (κ1) is 18.0. The van der Waals surface area contributed by atoms with Crippen molar-refractivity contribution in [3.05, 3.63) is 54.1 Å². The van der Waals surface area contributed by atoms with Crippen molar-refractivity contribution >= 4 is 31.0 Å². The van der Waals surface area contributed by atoms with E-state index in [0.29, 0.717) is 11.0 Å². The zero-order chi connectivity index (χ0) is 17.4. The van der Waals surface area contributed by atoms with E-state index in [1.54, 1.807) is 12.1 Å². The minimum Gasteiger partial charge on any atom is -0.478 e. The molecule has 3 aromatic rings. The number of fused-ring (bicyclic) bond motifs is 1. The predicted molar refractivity (Wildman–Crippen MR) is 98.2 cm³/mol. The van der Waals surface area contributed by atoms with E-state index >= 15 is 0 Å². The Labute approximate surface area is 142 Å². The molecule has 0 radical (unpaired) electrons. The monoisotopic (exact) mass is 344 g/mol. The summed E-state index contributed by atoms with van der Waals surface area (Å²) in [6.07, 6.45) is 0. The molecule has 0 bridgehead atoms. The third kappa shape index (κ3) is 4.85. The van der Waals surface area contributed by atoms with Crippen LogP contribution < -0.4 is 5.30 Å². The largest absolute Gasteiger partial charge is 0.478 e. The summed E-state index contributed by atoms with van der Waals surface area (Å²) in [4.78, 5) is 10.6. The molecule has 24 heavy (non-hydrogen) atoms. The van der Waals surface area contributed by atoms with Crippen molar-refractivity contribution in [1.82, 2.24) is 20.1 Å². The average molecular weight is 344 g/mol. The number of aromatic carboxylic acids is 1. The van der Waals surface area contributed by atoms with Crippen LogP contribution >= 0.6 is 8.73 Å². The smallest absolute Gasteiger partial charge is 0.338 e. The van der Waals surface area contributed by atoms with Crippen molar-refractivity contribution in [3.63, 3.8) is 0 Å². The number of benzene rings is 2. The fourth-order valence-corrected chi connectivity index (χ4v) is 3.14. The molecular formula is C17H21N4O2P. The van der Waals surface area contributed by atoms with Gasteiger partial charge >= 0.3 is 5.97 Å². The molecular weight excluding hydrogens is 323 g/mol. The summed E-state index contributed by atoms with van der Waals surface area (Å²) < 4.78 is 2.44. The SMILES string of the molecule is CCN(CC)Pc1ccccc1.O=C(O)c1cccc2[nH]nnc12. The van der Waals surface area contributed by atoms with Gasteiger partial charge in [-0.1, -0.05) is 55.5 Å². The lowest BCUT2D eigenvalue weighted by molar-refractivity contribution is 0.0699. The molecule has 0 aliphatic carbocycles. The minimum absolute atomic E-state index is 0.168. The quantitative estimate of drug-likeness (QED) is 0.696. The molecule has 2 aromatic carbocycles. The van der Waals surface area contributed by atoms with Crippen molar-refractivity contribution in [2.24, 2.45) is 0 Å². The van der Waals surface area contributed by atoms with Gasteiger partial charge in [-0.15, -0.1) is 5.10 Å². The first-order valence-corrected chi connectivity index (χ1v) is 8.70. The average Bonchev–Trinajstić information content (AvgIpc) is 3.09. The molecule has 1 aromatic heterocycles. The molecule has 7 heteroatoms. The van der Waals surface area contributed by atoms with Crippen molar-refractivity contribution in [2.45, 2.75) is 13.8 Å². The lowest BCUT2D eigenvalue weighted by atomic mass is 10.2. The third-order valence-electron chi connectivity index (χ3n) is 3.41. The Hall–Kier alpha value is -2.30. The van der Waals surface area contributed by atoms with Crippen molar-refractivity contribution in [2.75, 3.05) is 13.1 Å². The number of hydrogen-bond donors (Lipinski definition) is 2. The first-order chi connectivity index (χ1) is 11.7. The lowest BCUT2D eigenvalue weighted by Crippen LogP contribution is -2.15. The zero-order valence-electron chi connectivity index (χ0n) is 13.7. The van der Waals surface area contributed by atoms with Gasteiger partial charge in [0, 0.05) is 0 Å². The highest BCUT2D eigenvalue weighted by Gasteiger charge is 2.09. The fraction of sp³-hybridized carbons (Fsp3) is 0.235. The summed E-state index contributed by atoms with van der Waals surface area (Å²) in [5, 5.41) is 19.9. The predicted octanol–water partition coefficient (Wildman–Crippen LogP) is 2.90. The van der Waals surface area contributed by atoms with Gasteiger partial charge in [-0.3, -0.25) is 9.77 Å². The van der Waals surface area contributed by atoms with E-state index in [0.717, 1.165) is 21.8 Å². The Kier molecular flexibility index (Phi) is 6.85. The Morgan fingerprint density at radius 3 is 2.46 bits per heavy atom. The fourth-order valence-electron chi connectivity index (χ4n) is 2.12. The second-order valence-electron chi connectivity index (χ2n) is 4.97. The highest BCUT2D eigenvalue weighted by Crippen LogP contribution is 2.15. The number of carbonyl (C=O) groups is 1. The molecule has 3 rings (SSSR count). The number of H-pyrrole nitrogens is 1. The van der Waals surface area contributed by atoms with E-state index in [1.165, 1.54) is 11.4 Å². The minimum atomic E-state index is -0.991. The van der Waals surface area contributed by atoms with Crippen LogP contribution in [0.2, 0.25) is 0 Å². The van der Waals surface area contributed by atoms with Gasteiger partial charge in [0.1, 0.15) is 5.52 Å². The van der Waals surface area contributed by atoms with Crippen LogP contribution in [-0.4, -0.2) is 44.2 Å². The maximum atomic E-state index is 10.6. The second kappa shape index (κ2) is 9.11. The Morgan fingerprint density at radius 1 is 1.12 bits per heavy atom. The van der Waals surface area contributed by atoms with Gasteiger partial charge in [-0.05, 0) is 39.3 Å². The molecule has 126 valence electrons. The van der Waals surface area contributed by atoms with Crippen LogP contribution in [0.25, 0.3) is 11.0 Å². The normalized spacial score (nSPS) is 11.0. The summed E-state index contributed by atoms with van der Waals surface area (Å²) in [5.41, 5.74) is 1.20. The summed E-state index contributed by atoms with van der Waals surface area (Å²) in [7, 11) is 0.829.